The Hall–Kier alpha value is -1.81. The number of hydrogen-bond acceptors (Lipinski definition) is 2. The highest BCUT2D eigenvalue weighted by atomic mass is 16.1. The molecular formula is C16H19N3O. The van der Waals surface area contributed by atoms with E-state index in [-0.39, 0.29) is 5.91 Å². The number of carbonyl (C=O) groups is 1. The van der Waals surface area contributed by atoms with Crippen LogP contribution in [0.25, 0.3) is 10.9 Å². The van der Waals surface area contributed by atoms with Gasteiger partial charge in [-0.2, -0.15) is 0 Å². The smallest absolute Gasteiger partial charge is 0.252 e. The van der Waals surface area contributed by atoms with Crippen LogP contribution in [-0.4, -0.2) is 41.0 Å². The second kappa shape index (κ2) is 4.63. The Kier molecular flexibility index (Phi) is 2.77. The van der Waals surface area contributed by atoms with E-state index in [2.05, 4.69) is 15.2 Å². The Morgan fingerprint density at radius 1 is 1.25 bits per heavy atom. The fourth-order valence-electron chi connectivity index (χ4n) is 3.78. The summed E-state index contributed by atoms with van der Waals surface area (Å²) < 4.78 is 0. The predicted molar refractivity (Wildman–Crippen MR) is 78.8 cm³/mol. The zero-order chi connectivity index (χ0) is 13.5. The van der Waals surface area contributed by atoms with Crippen LogP contribution in [0.1, 0.15) is 29.6 Å². The van der Waals surface area contributed by atoms with Crippen molar-refractivity contribution in [1.82, 2.24) is 15.2 Å². The van der Waals surface area contributed by atoms with E-state index >= 15 is 0 Å². The molecule has 104 valence electrons. The molecule has 2 unspecified atom stereocenters. The monoisotopic (exact) mass is 269 g/mol. The summed E-state index contributed by atoms with van der Waals surface area (Å²) in [6, 6.07) is 8.70. The highest BCUT2D eigenvalue weighted by molar-refractivity contribution is 6.06. The van der Waals surface area contributed by atoms with E-state index in [0.29, 0.717) is 12.1 Å². The molecule has 0 saturated carbocycles. The van der Waals surface area contributed by atoms with Crippen molar-refractivity contribution >= 4 is 16.8 Å². The fourth-order valence-corrected chi connectivity index (χ4v) is 3.78. The minimum Gasteiger partial charge on any atom is -0.361 e. The SMILES string of the molecule is O=C(NC1CCN2CCCC12)c1cccc2[nH]ccc12. The molecule has 2 N–H and O–H groups in total. The lowest BCUT2D eigenvalue weighted by molar-refractivity contribution is 0.0931. The zero-order valence-corrected chi connectivity index (χ0v) is 11.4. The van der Waals surface area contributed by atoms with Gasteiger partial charge in [-0.15, -0.1) is 0 Å². The summed E-state index contributed by atoms with van der Waals surface area (Å²) >= 11 is 0. The summed E-state index contributed by atoms with van der Waals surface area (Å²) in [6.07, 6.45) is 5.46. The molecule has 2 saturated heterocycles. The van der Waals surface area contributed by atoms with Gasteiger partial charge in [-0.1, -0.05) is 6.07 Å². The molecule has 2 aromatic rings. The molecule has 4 nitrogen and oxygen atoms in total. The third kappa shape index (κ3) is 1.83. The van der Waals surface area contributed by atoms with E-state index < -0.39 is 0 Å². The molecule has 2 aliphatic rings. The van der Waals surface area contributed by atoms with Gasteiger partial charge in [0.05, 0.1) is 0 Å². The Labute approximate surface area is 118 Å². The van der Waals surface area contributed by atoms with Gasteiger partial charge in [0.2, 0.25) is 0 Å². The second-order valence-corrected chi connectivity index (χ2v) is 5.86. The van der Waals surface area contributed by atoms with Crippen LogP contribution in [0.5, 0.6) is 0 Å². The molecule has 0 bridgehead atoms. The first-order valence-corrected chi connectivity index (χ1v) is 7.44. The number of carbonyl (C=O) groups excluding carboxylic acids is 1. The molecule has 1 amide bonds. The largest absolute Gasteiger partial charge is 0.361 e. The minimum absolute atomic E-state index is 0.0638. The number of hydrogen-bond donors (Lipinski definition) is 2. The van der Waals surface area contributed by atoms with Gasteiger partial charge in [-0.05, 0) is 44.0 Å². The summed E-state index contributed by atoms with van der Waals surface area (Å²) in [6.45, 7) is 2.33. The second-order valence-electron chi connectivity index (χ2n) is 5.86. The highest BCUT2D eigenvalue weighted by Gasteiger charge is 2.37. The average molecular weight is 269 g/mol. The normalized spacial score (nSPS) is 26.0. The predicted octanol–water partition coefficient (Wildman–Crippen LogP) is 2.13. The van der Waals surface area contributed by atoms with Crippen LogP contribution in [-0.2, 0) is 0 Å². The van der Waals surface area contributed by atoms with Gasteiger partial charge in [-0.3, -0.25) is 9.69 Å². The van der Waals surface area contributed by atoms with Gasteiger partial charge < -0.3 is 10.3 Å². The summed E-state index contributed by atoms with van der Waals surface area (Å²) in [7, 11) is 0. The molecule has 0 aliphatic carbocycles. The lowest BCUT2D eigenvalue weighted by atomic mass is 10.0. The topological polar surface area (TPSA) is 48.1 Å². The summed E-state index contributed by atoms with van der Waals surface area (Å²) in [5, 5.41) is 4.26. The third-order valence-electron chi connectivity index (χ3n) is 4.76. The lowest BCUT2D eigenvalue weighted by Gasteiger charge is -2.21. The van der Waals surface area contributed by atoms with E-state index in [1.807, 2.05) is 30.5 Å². The standard InChI is InChI=1S/C16H19N3O/c20-16(12-3-1-4-13-11(12)6-8-17-13)18-14-7-10-19-9-2-5-15(14)19/h1,3-4,6,8,14-15,17H,2,5,7,9-10H2,(H,18,20). The number of rotatable bonds is 2. The van der Waals surface area contributed by atoms with Crippen molar-refractivity contribution in [2.45, 2.75) is 31.3 Å². The van der Waals surface area contributed by atoms with Crippen LogP contribution in [0.3, 0.4) is 0 Å². The van der Waals surface area contributed by atoms with E-state index in [1.54, 1.807) is 0 Å². The van der Waals surface area contributed by atoms with Crippen molar-refractivity contribution in [2.75, 3.05) is 13.1 Å². The van der Waals surface area contributed by atoms with Crippen LogP contribution in [0.4, 0.5) is 0 Å². The number of aromatic amines is 1. The van der Waals surface area contributed by atoms with Crippen molar-refractivity contribution in [3.05, 3.63) is 36.0 Å². The van der Waals surface area contributed by atoms with Gasteiger partial charge >= 0.3 is 0 Å². The van der Waals surface area contributed by atoms with Crippen LogP contribution in [0, 0.1) is 0 Å². The molecule has 20 heavy (non-hydrogen) atoms. The number of benzene rings is 1. The van der Waals surface area contributed by atoms with Crippen molar-refractivity contribution in [1.29, 1.82) is 0 Å². The zero-order valence-electron chi connectivity index (χ0n) is 11.4. The third-order valence-corrected chi connectivity index (χ3v) is 4.76. The van der Waals surface area contributed by atoms with Crippen molar-refractivity contribution in [3.8, 4) is 0 Å². The maximum atomic E-state index is 12.6. The molecular weight excluding hydrogens is 250 g/mol. The van der Waals surface area contributed by atoms with Gasteiger partial charge in [0.25, 0.3) is 5.91 Å². The molecule has 4 rings (SSSR count). The highest BCUT2D eigenvalue weighted by Crippen LogP contribution is 2.28. The summed E-state index contributed by atoms with van der Waals surface area (Å²) in [4.78, 5) is 18.2. The van der Waals surface area contributed by atoms with Gasteiger partial charge in [-0.25, -0.2) is 0 Å². The van der Waals surface area contributed by atoms with E-state index in [9.17, 15) is 4.79 Å². The number of nitrogens with one attached hydrogen (secondary N) is 2. The molecule has 2 fully saturated rings. The Bertz CT molecular complexity index is 648. The molecule has 4 heteroatoms. The summed E-state index contributed by atoms with van der Waals surface area (Å²) in [5.74, 6) is 0.0638. The average Bonchev–Trinajstić information content (AvgIpc) is 3.14. The van der Waals surface area contributed by atoms with Crippen molar-refractivity contribution < 1.29 is 4.79 Å². The number of nitrogens with zero attached hydrogens (tertiary/aromatic N) is 1. The summed E-state index contributed by atoms with van der Waals surface area (Å²) in [5.41, 5.74) is 1.80. The lowest BCUT2D eigenvalue weighted by Crippen LogP contribution is -2.42. The molecule has 1 aromatic heterocycles. The van der Waals surface area contributed by atoms with Gasteiger partial charge in [0.1, 0.15) is 0 Å². The Morgan fingerprint density at radius 2 is 2.20 bits per heavy atom. The number of amides is 1. The van der Waals surface area contributed by atoms with Crippen molar-refractivity contribution in [2.24, 2.45) is 0 Å². The molecule has 0 spiro atoms. The van der Waals surface area contributed by atoms with E-state index in [0.717, 1.165) is 29.4 Å². The molecule has 3 heterocycles. The Balaban J connectivity index is 1.57. The quantitative estimate of drug-likeness (QED) is 0.877. The number of H-pyrrole nitrogens is 1. The number of fused-ring (bicyclic) bond motifs is 2. The van der Waals surface area contributed by atoms with Crippen LogP contribution in [0.15, 0.2) is 30.5 Å². The van der Waals surface area contributed by atoms with E-state index in [4.69, 9.17) is 0 Å². The van der Waals surface area contributed by atoms with E-state index in [1.165, 1.54) is 19.4 Å². The minimum atomic E-state index is 0.0638. The molecule has 2 aliphatic heterocycles. The first-order chi connectivity index (χ1) is 9.83. The van der Waals surface area contributed by atoms with Crippen LogP contribution >= 0.6 is 0 Å². The van der Waals surface area contributed by atoms with Gasteiger partial charge in [0.15, 0.2) is 0 Å². The van der Waals surface area contributed by atoms with Crippen LogP contribution < -0.4 is 5.32 Å². The first kappa shape index (κ1) is 12.0. The number of aromatic nitrogens is 1. The maximum Gasteiger partial charge on any atom is 0.252 e. The maximum absolute atomic E-state index is 12.6. The van der Waals surface area contributed by atoms with Crippen LogP contribution in [0.2, 0.25) is 0 Å². The molecule has 2 atom stereocenters. The fraction of sp³-hybridized carbons (Fsp3) is 0.438. The first-order valence-electron chi connectivity index (χ1n) is 7.44. The van der Waals surface area contributed by atoms with Gasteiger partial charge in [0, 0.05) is 41.3 Å². The van der Waals surface area contributed by atoms with Crippen molar-refractivity contribution in [3.63, 3.8) is 0 Å². The molecule has 1 aromatic carbocycles. The molecule has 0 radical (unpaired) electrons. The Morgan fingerprint density at radius 3 is 3.15 bits per heavy atom.